The maximum absolute atomic E-state index is 12.8. The van der Waals surface area contributed by atoms with Crippen molar-refractivity contribution in [1.82, 2.24) is 9.79 Å². The zero-order chi connectivity index (χ0) is 20.1. The third-order valence-corrected chi connectivity index (χ3v) is 9.06. The van der Waals surface area contributed by atoms with E-state index in [4.69, 9.17) is 4.84 Å². The van der Waals surface area contributed by atoms with Gasteiger partial charge in [-0.1, -0.05) is 4.47 Å². The van der Waals surface area contributed by atoms with Crippen molar-refractivity contribution >= 4 is 15.9 Å². The molecule has 4 bridgehead atoms. The van der Waals surface area contributed by atoms with E-state index in [1.54, 1.807) is 12.1 Å². The van der Waals surface area contributed by atoms with Gasteiger partial charge in [-0.3, -0.25) is 9.63 Å². The molecule has 0 aliphatic heterocycles. The van der Waals surface area contributed by atoms with Crippen molar-refractivity contribution in [2.75, 3.05) is 14.2 Å². The van der Waals surface area contributed by atoms with E-state index in [1.165, 1.54) is 64.8 Å². The Hall–Kier alpha value is -1.44. The molecular formula is C21H30N2O4S. The molecule has 4 saturated carbocycles. The number of hydrogen-bond donors (Lipinski definition) is 1. The van der Waals surface area contributed by atoms with Crippen LogP contribution in [0.3, 0.4) is 0 Å². The van der Waals surface area contributed by atoms with Crippen molar-refractivity contribution < 1.29 is 18.0 Å². The van der Waals surface area contributed by atoms with Crippen LogP contribution < -0.4 is 5.32 Å². The van der Waals surface area contributed by atoms with E-state index < -0.39 is 10.0 Å². The van der Waals surface area contributed by atoms with Crippen LogP contribution >= 0.6 is 0 Å². The first-order chi connectivity index (χ1) is 13.2. The van der Waals surface area contributed by atoms with Crippen LogP contribution in [0.1, 0.15) is 55.8 Å². The van der Waals surface area contributed by atoms with Crippen LogP contribution in [0.4, 0.5) is 0 Å². The molecule has 154 valence electrons. The van der Waals surface area contributed by atoms with Gasteiger partial charge < -0.3 is 5.32 Å². The Balaban J connectivity index is 1.45. The first kappa shape index (κ1) is 19.9. The highest BCUT2D eigenvalue weighted by molar-refractivity contribution is 7.89. The molecule has 1 amide bonds. The summed E-state index contributed by atoms with van der Waals surface area (Å²) in [6, 6.07) is 6.18. The first-order valence-electron chi connectivity index (χ1n) is 10.2. The van der Waals surface area contributed by atoms with Gasteiger partial charge in [-0.25, -0.2) is 8.42 Å². The molecule has 1 aromatic carbocycles. The van der Waals surface area contributed by atoms with Gasteiger partial charge in [-0.15, -0.1) is 0 Å². The molecular weight excluding hydrogens is 376 g/mol. The van der Waals surface area contributed by atoms with E-state index >= 15 is 0 Å². The smallest absolute Gasteiger partial charge is 0.264 e. The topological polar surface area (TPSA) is 75.7 Å². The molecule has 0 spiro atoms. The number of hydroxylamine groups is 1. The van der Waals surface area contributed by atoms with Gasteiger partial charge in [-0.2, -0.15) is 0 Å². The van der Waals surface area contributed by atoms with Gasteiger partial charge in [0.15, 0.2) is 0 Å². The molecule has 1 unspecified atom stereocenters. The highest BCUT2D eigenvalue weighted by atomic mass is 32.2. The van der Waals surface area contributed by atoms with E-state index in [0.29, 0.717) is 5.56 Å². The van der Waals surface area contributed by atoms with Gasteiger partial charge >= 0.3 is 0 Å². The summed E-state index contributed by atoms with van der Waals surface area (Å²) >= 11 is 0. The second kappa shape index (κ2) is 7.11. The van der Waals surface area contributed by atoms with Crippen LogP contribution in [-0.4, -0.2) is 39.0 Å². The Morgan fingerprint density at radius 1 is 1.11 bits per heavy atom. The fourth-order valence-corrected chi connectivity index (χ4v) is 7.14. The van der Waals surface area contributed by atoms with Crippen molar-refractivity contribution in [2.24, 2.45) is 23.2 Å². The van der Waals surface area contributed by atoms with E-state index in [1.807, 2.05) is 0 Å². The Morgan fingerprint density at radius 2 is 1.61 bits per heavy atom. The summed E-state index contributed by atoms with van der Waals surface area (Å²) < 4.78 is 25.4. The third-order valence-electron chi connectivity index (χ3n) is 7.36. The summed E-state index contributed by atoms with van der Waals surface area (Å²) in [5.74, 6) is 2.39. The lowest BCUT2D eigenvalue weighted by Gasteiger charge is -2.59. The molecule has 1 N–H and O–H groups in total. The largest absolute Gasteiger partial charge is 0.349 e. The SMILES string of the molecule is CON(C)S(=O)(=O)c1ccc(C(=O)NC(C)C23CC4CC(CC(C4)C2)C3)cc1. The standard InChI is InChI=1S/C21H30N2O4S/c1-14(21-11-15-8-16(12-21)10-17(9-15)13-21)22-20(24)18-4-6-19(7-5-18)28(25,26)23(2)27-3/h4-7,14-17H,8-13H2,1-3H3,(H,22,24). The minimum absolute atomic E-state index is 0.0996. The van der Waals surface area contributed by atoms with E-state index in [-0.39, 0.29) is 22.3 Å². The van der Waals surface area contributed by atoms with Crippen molar-refractivity contribution in [3.8, 4) is 0 Å². The number of benzene rings is 1. The number of carbonyl (C=O) groups is 1. The summed E-state index contributed by atoms with van der Waals surface area (Å²) in [4.78, 5) is 17.7. The Morgan fingerprint density at radius 3 is 2.07 bits per heavy atom. The summed E-state index contributed by atoms with van der Waals surface area (Å²) in [5, 5.41) is 3.22. The molecule has 4 aliphatic rings. The highest BCUT2D eigenvalue weighted by Crippen LogP contribution is 2.61. The van der Waals surface area contributed by atoms with E-state index in [0.717, 1.165) is 22.2 Å². The van der Waals surface area contributed by atoms with Crippen molar-refractivity contribution in [2.45, 2.75) is 56.4 Å². The van der Waals surface area contributed by atoms with Crippen LogP contribution in [0.25, 0.3) is 0 Å². The van der Waals surface area contributed by atoms with Crippen LogP contribution in [0.2, 0.25) is 0 Å². The minimum atomic E-state index is -3.71. The molecule has 6 nitrogen and oxygen atoms in total. The predicted octanol–water partition coefficient (Wildman–Crippen LogP) is 3.20. The Labute approximate surface area is 167 Å². The molecule has 5 rings (SSSR count). The maximum atomic E-state index is 12.8. The van der Waals surface area contributed by atoms with E-state index in [2.05, 4.69) is 12.2 Å². The summed E-state index contributed by atoms with van der Waals surface area (Å²) in [5.41, 5.74) is 0.727. The lowest BCUT2D eigenvalue weighted by molar-refractivity contribution is -0.0688. The molecule has 0 heterocycles. The monoisotopic (exact) mass is 406 g/mol. The summed E-state index contributed by atoms with van der Waals surface area (Å²) in [6.07, 6.45) is 7.85. The third kappa shape index (κ3) is 3.37. The quantitative estimate of drug-likeness (QED) is 0.736. The molecule has 0 aromatic heterocycles. The second-order valence-electron chi connectivity index (χ2n) is 9.10. The number of carbonyl (C=O) groups excluding carboxylic acids is 1. The average Bonchev–Trinajstić information content (AvgIpc) is 2.66. The van der Waals surface area contributed by atoms with Crippen molar-refractivity contribution in [3.63, 3.8) is 0 Å². The fourth-order valence-electron chi connectivity index (χ4n) is 6.17. The van der Waals surface area contributed by atoms with Gasteiger partial charge in [0.1, 0.15) is 0 Å². The van der Waals surface area contributed by atoms with Crippen LogP contribution in [-0.2, 0) is 14.9 Å². The highest BCUT2D eigenvalue weighted by Gasteiger charge is 2.53. The lowest BCUT2D eigenvalue weighted by atomic mass is 9.48. The van der Waals surface area contributed by atoms with Gasteiger partial charge in [0.25, 0.3) is 15.9 Å². The Bertz CT molecular complexity index is 814. The molecule has 28 heavy (non-hydrogen) atoms. The molecule has 0 saturated heterocycles. The van der Waals surface area contributed by atoms with Gasteiger partial charge in [0, 0.05) is 18.7 Å². The lowest BCUT2D eigenvalue weighted by Crippen LogP contribution is -2.55. The molecule has 4 aliphatic carbocycles. The fraction of sp³-hybridized carbons (Fsp3) is 0.667. The van der Waals surface area contributed by atoms with Gasteiger partial charge in [0.05, 0.1) is 12.0 Å². The predicted molar refractivity (Wildman–Crippen MR) is 106 cm³/mol. The number of nitrogens with one attached hydrogen (secondary N) is 1. The molecule has 4 fully saturated rings. The van der Waals surface area contributed by atoms with Crippen molar-refractivity contribution in [1.29, 1.82) is 0 Å². The normalized spacial score (nSPS) is 32.5. The Kier molecular flexibility index (Phi) is 5.04. The molecule has 7 heteroatoms. The summed E-state index contributed by atoms with van der Waals surface area (Å²) in [6.45, 7) is 2.15. The molecule has 1 aromatic rings. The minimum Gasteiger partial charge on any atom is -0.349 e. The number of rotatable bonds is 6. The first-order valence-corrected chi connectivity index (χ1v) is 11.6. The number of nitrogens with zero attached hydrogens (tertiary/aromatic N) is 1. The number of sulfonamides is 1. The zero-order valence-electron chi connectivity index (χ0n) is 16.8. The van der Waals surface area contributed by atoms with Gasteiger partial charge in [-0.05, 0) is 92.9 Å². The van der Waals surface area contributed by atoms with Crippen LogP contribution in [0.5, 0.6) is 0 Å². The molecule has 1 atom stereocenters. The van der Waals surface area contributed by atoms with Crippen molar-refractivity contribution in [3.05, 3.63) is 29.8 Å². The van der Waals surface area contributed by atoms with Crippen LogP contribution in [0, 0.1) is 23.2 Å². The summed E-state index contributed by atoms with van der Waals surface area (Å²) in [7, 11) is -1.07. The van der Waals surface area contributed by atoms with Crippen LogP contribution in [0.15, 0.2) is 29.2 Å². The number of amides is 1. The molecule has 0 radical (unpaired) electrons. The maximum Gasteiger partial charge on any atom is 0.264 e. The average molecular weight is 407 g/mol. The van der Waals surface area contributed by atoms with E-state index in [9.17, 15) is 13.2 Å². The zero-order valence-corrected chi connectivity index (χ0v) is 17.7. The number of hydrogen-bond acceptors (Lipinski definition) is 4. The second-order valence-corrected chi connectivity index (χ2v) is 11.0. The van der Waals surface area contributed by atoms with Gasteiger partial charge in [0.2, 0.25) is 0 Å².